The third-order valence-electron chi connectivity index (χ3n) is 4.76. The van der Waals surface area contributed by atoms with Crippen LogP contribution in [0.5, 0.6) is 0 Å². The van der Waals surface area contributed by atoms with Crippen LogP contribution < -0.4 is 10.2 Å². The largest absolute Gasteiger partial charge is 0.341 e. The van der Waals surface area contributed by atoms with E-state index in [0.29, 0.717) is 0 Å². The van der Waals surface area contributed by atoms with Gasteiger partial charge in [-0.2, -0.15) is 4.98 Å². The molecule has 1 aliphatic heterocycles. The fourth-order valence-electron chi connectivity index (χ4n) is 3.43. The van der Waals surface area contributed by atoms with Gasteiger partial charge < -0.3 is 14.8 Å². The quantitative estimate of drug-likeness (QED) is 0.567. The molecule has 4 heterocycles. The van der Waals surface area contributed by atoms with Gasteiger partial charge in [-0.3, -0.25) is 0 Å². The summed E-state index contributed by atoms with van der Waals surface area (Å²) in [5, 5.41) is 3.41. The summed E-state index contributed by atoms with van der Waals surface area (Å²) in [5.74, 6) is 2.42. The first-order valence-corrected chi connectivity index (χ1v) is 9.97. The lowest BCUT2D eigenvalue weighted by molar-refractivity contribution is 0.909. The molecule has 4 aromatic rings. The minimum Gasteiger partial charge on any atom is -0.341 e. The number of aryl methyl sites for hydroxylation is 1. The molecule has 27 heavy (non-hydrogen) atoms. The second kappa shape index (κ2) is 6.66. The molecule has 0 spiro atoms. The highest BCUT2D eigenvalue weighted by Crippen LogP contribution is 2.33. The summed E-state index contributed by atoms with van der Waals surface area (Å²) in [5.41, 5.74) is 2.08. The zero-order valence-electron chi connectivity index (χ0n) is 15.1. The van der Waals surface area contributed by atoms with E-state index in [9.17, 15) is 0 Å². The van der Waals surface area contributed by atoms with E-state index in [2.05, 4.69) is 40.3 Å². The summed E-state index contributed by atoms with van der Waals surface area (Å²) in [6, 6.07) is 12.3. The molecule has 3 aromatic heterocycles. The Hall–Kier alpha value is -2.93. The van der Waals surface area contributed by atoms with Gasteiger partial charge in [-0.15, -0.1) is 11.3 Å². The van der Waals surface area contributed by atoms with Crippen molar-refractivity contribution in [2.75, 3.05) is 23.3 Å². The summed E-state index contributed by atoms with van der Waals surface area (Å²) in [6.45, 7) is 4.16. The van der Waals surface area contributed by atoms with E-state index >= 15 is 0 Å². The predicted molar refractivity (Wildman–Crippen MR) is 110 cm³/mol. The molecule has 7 heteroatoms. The Bertz CT molecular complexity index is 1080. The van der Waals surface area contributed by atoms with Gasteiger partial charge in [-0.05, 0) is 38.0 Å². The van der Waals surface area contributed by atoms with Crippen LogP contribution >= 0.6 is 11.3 Å². The molecule has 1 saturated heterocycles. The van der Waals surface area contributed by atoms with Crippen LogP contribution in [0.15, 0.2) is 48.9 Å². The lowest BCUT2D eigenvalue weighted by Crippen LogP contribution is -2.20. The molecule has 1 fully saturated rings. The van der Waals surface area contributed by atoms with Crippen molar-refractivity contribution in [2.24, 2.45) is 0 Å². The Kier molecular flexibility index (Phi) is 4.01. The van der Waals surface area contributed by atoms with Gasteiger partial charge in [0.1, 0.15) is 12.1 Å². The molecule has 1 aliphatic rings. The minimum atomic E-state index is 0.775. The monoisotopic (exact) mass is 376 g/mol. The number of imidazole rings is 1. The molecule has 0 saturated carbocycles. The van der Waals surface area contributed by atoms with E-state index in [-0.39, 0.29) is 0 Å². The summed E-state index contributed by atoms with van der Waals surface area (Å²) < 4.78 is 3.08. The van der Waals surface area contributed by atoms with Crippen molar-refractivity contribution in [3.05, 3.63) is 53.8 Å². The molecule has 0 radical (unpaired) electrons. The summed E-state index contributed by atoms with van der Waals surface area (Å²) in [4.78, 5) is 17.6. The molecule has 6 nitrogen and oxygen atoms in total. The molecular formula is C20H20N6S. The van der Waals surface area contributed by atoms with Crippen LogP contribution in [0.4, 0.5) is 17.6 Å². The molecule has 0 aliphatic carbocycles. The zero-order valence-corrected chi connectivity index (χ0v) is 15.9. The number of benzene rings is 1. The highest BCUT2D eigenvalue weighted by molar-refractivity contribution is 7.19. The predicted octanol–water partition coefficient (Wildman–Crippen LogP) is 4.53. The first kappa shape index (κ1) is 16.3. The Morgan fingerprint density at radius 3 is 2.70 bits per heavy atom. The van der Waals surface area contributed by atoms with Crippen LogP contribution in [-0.2, 0) is 0 Å². The molecule has 0 unspecified atom stereocenters. The standard InChI is InChI=1S/C20H20N6S/c1-14-11-16-18(27-14)19(24-20(22-16)25-9-5-6-10-25)23-17-12-26(13-21-17)15-7-3-2-4-8-15/h2-4,7-8,11-13H,5-6,9-10H2,1H3,(H,22,23,24). The summed E-state index contributed by atoms with van der Waals surface area (Å²) >= 11 is 1.71. The van der Waals surface area contributed by atoms with Gasteiger partial charge in [0.25, 0.3) is 0 Å². The number of fused-ring (bicyclic) bond motifs is 1. The molecule has 1 N–H and O–H groups in total. The Morgan fingerprint density at radius 2 is 1.89 bits per heavy atom. The average Bonchev–Trinajstić information content (AvgIpc) is 3.42. The average molecular weight is 376 g/mol. The van der Waals surface area contributed by atoms with Crippen LogP contribution in [0, 0.1) is 6.92 Å². The molecule has 1 aromatic carbocycles. The molecule has 0 amide bonds. The SMILES string of the molecule is Cc1cc2nc(N3CCCC3)nc(Nc3cn(-c4ccccc4)cn3)c2s1. The molecular weight excluding hydrogens is 356 g/mol. The van der Waals surface area contributed by atoms with Gasteiger partial charge in [0.05, 0.1) is 16.4 Å². The summed E-state index contributed by atoms with van der Waals surface area (Å²) in [6.07, 6.45) is 6.21. The fraction of sp³-hybridized carbons (Fsp3) is 0.250. The number of para-hydroxylation sites is 1. The topological polar surface area (TPSA) is 58.9 Å². The van der Waals surface area contributed by atoms with Gasteiger partial charge in [0, 0.05) is 23.7 Å². The molecule has 136 valence electrons. The third kappa shape index (κ3) is 3.14. The zero-order chi connectivity index (χ0) is 18.2. The van der Waals surface area contributed by atoms with Crippen molar-refractivity contribution in [3.8, 4) is 5.69 Å². The Morgan fingerprint density at radius 1 is 1.07 bits per heavy atom. The number of aromatic nitrogens is 4. The van der Waals surface area contributed by atoms with E-state index in [0.717, 1.165) is 46.6 Å². The Balaban J connectivity index is 1.51. The van der Waals surface area contributed by atoms with Crippen molar-refractivity contribution in [1.82, 2.24) is 19.5 Å². The number of nitrogens with zero attached hydrogens (tertiary/aromatic N) is 5. The normalized spacial score (nSPS) is 14.2. The fourth-order valence-corrected chi connectivity index (χ4v) is 4.33. The molecule has 0 atom stereocenters. The van der Waals surface area contributed by atoms with E-state index in [1.807, 2.05) is 35.3 Å². The van der Waals surface area contributed by atoms with Crippen LogP contribution in [-0.4, -0.2) is 32.6 Å². The van der Waals surface area contributed by atoms with Gasteiger partial charge in [-0.25, -0.2) is 9.97 Å². The van der Waals surface area contributed by atoms with Crippen molar-refractivity contribution < 1.29 is 0 Å². The van der Waals surface area contributed by atoms with Crippen molar-refractivity contribution in [3.63, 3.8) is 0 Å². The maximum absolute atomic E-state index is 4.84. The van der Waals surface area contributed by atoms with Gasteiger partial charge in [0.15, 0.2) is 5.82 Å². The minimum absolute atomic E-state index is 0.775. The smallest absolute Gasteiger partial charge is 0.227 e. The second-order valence-electron chi connectivity index (χ2n) is 6.76. The third-order valence-corrected chi connectivity index (χ3v) is 5.80. The number of nitrogens with one attached hydrogen (secondary N) is 1. The first-order valence-electron chi connectivity index (χ1n) is 9.16. The first-order chi connectivity index (χ1) is 13.3. The summed E-state index contributed by atoms with van der Waals surface area (Å²) in [7, 11) is 0. The second-order valence-corrected chi connectivity index (χ2v) is 8.02. The van der Waals surface area contributed by atoms with Crippen molar-refractivity contribution >= 4 is 39.1 Å². The number of thiophene rings is 1. The lowest BCUT2D eigenvalue weighted by Gasteiger charge is -2.16. The number of hydrogen-bond donors (Lipinski definition) is 1. The van der Waals surface area contributed by atoms with Crippen LogP contribution in [0.3, 0.4) is 0 Å². The maximum Gasteiger partial charge on any atom is 0.227 e. The van der Waals surface area contributed by atoms with Gasteiger partial charge in [-0.1, -0.05) is 18.2 Å². The number of anilines is 3. The van der Waals surface area contributed by atoms with E-state index < -0.39 is 0 Å². The lowest BCUT2D eigenvalue weighted by atomic mass is 10.3. The van der Waals surface area contributed by atoms with Gasteiger partial charge in [0.2, 0.25) is 5.95 Å². The van der Waals surface area contributed by atoms with E-state index in [4.69, 9.17) is 9.97 Å². The Labute approximate surface area is 161 Å². The van der Waals surface area contributed by atoms with Crippen LogP contribution in [0.1, 0.15) is 17.7 Å². The molecule has 5 rings (SSSR count). The van der Waals surface area contributed by atoms with Crippen LogP contribution in [0.25, 0.3) is 15.9 Å². The highest BCUT2D eigenvalue weighted by Gasteiger charge is 2.19. The van der Waals surface area contributed by atoms with Crippen molar-refractivity contribution in [2.45, 2.75) is 19.8 Å². The number of hydrogen-bond acceptors (Lipinski definition) is 6. The van der Waals surface area contributed by atoms with E-state index in [1.165, 1.54) is 17.7 Å². The highest BCUT2D eigenvalue weighted by atomic mass is 32.1. The number of rotatable bonds is 4. The van der Waals surface area contributed by atoms with E-state index in [1.54, 1.807) is 11.3 Å². The maximum atomic E-state index is 4.84. The van der Waals surface area contributed by atoms with Crippen LogP contribution in [0.2, 0.25) is 0 Å². The van der Waals surface area contributed by atoms with Crippen molar-refractivity contribution in [1.29, 1.82) is 0 Å². The van der Waals surface area contributed by atoms with Gasteiger partial charge >= 0.3 is 0 Å². The molecule has 0 bridgehead atoms.